The summed E-state index contributed by atoms with van der Waals surface area (Å²) >= 11 is 0. The largest absolute Gasteiger partial charge is 0.0808 e. The zero-order valence-electron chi connectivity index (χ0n) is 7.11. The first-order valence-corrected chi connectivity index (χ1v) is 4.21. The summed E-state index contributed by atoms with van der Waals surface area (Å²) < 4.78 is 0. The lowest BCUT2D eigenvalue weighted by molar-refractivity contribution is 1.36. The van der Waals surface area contributed by atoms with E-state index in [1.807, 2.05) is 24.3 Å². The SMILES string of the molecule is [C]1=C\C/C=C\C=C\C\C=C/C=C\1. The van der Waals surface area contributed by atoms with Crippen molar-refractivity contribution in [2.45, 2.75) is 12.8 Å². The average molecular weight is 157 g/mol. The fourth-order valence-electron chi connectivity index (χ4n) is 0.865. The molecular formula is C12H13. The van der Waals surface area contributed by atoms with Gasteiger partial charge >= 0.3 is 0 Å². The van der Waals surface area contributed by atoms with Gasteiger partial charge in [0.15, 0.2) is 0 Å². The van der Waals surface area contributed by atoms with E-state index in [9.17, 15) is 0 Å². The molecule has 0 saturated carbocycles. The predicted octanol–water partition coefficient (Wildman–Crippen LogP) is 3.36. The molecule has 0 fully saturated rings. The topological polar surface area (TPSA) is 0 Å². The first-order valence-electron chi connectivity index (χ1n) is 4.21. The summed E-state index contributed by atoms with van der Waals surface area (Å²) in [5.74, 6) is 0. The molecule has 0 unspecified atom stereocenters. The zero-order valence-corrected chi connectivity index (χ0v) is 7.11. The zero-order chi connectivity index (χ0) is 8.49. The highest BCUT2D eigenvalue weighted by molar-refractivity contribution is 5.12. The van der Waals surface area contributed by atoms with Crippen LogP contribution < -0.4 is 0 Å². The quantitative estimate of drug-likeness (QED) is 0.505. The van der Waals surface area contributed by atoms with Crippen LogP contribution in [0, 0.1) is 6.08 Å². The first-order chi connectivity index (χ1) is 6.00. The van der Waals surface area contributed by atoms with Crippen LogP contribution in [-0.4, -0.2) is 0 Å². The van der Waals surface area contributed by atoms with E-state index in [4.69, 9.17) is 0 Å². The van der Waals surface area contributed by atoms with Crippen LogP contribution in [0.1, 0.15) is 12.8 Å². The summed E-state index contributed by atoms with van der Waals surface area (Å²) in [6.45, 7) is 0. The Morgan fingerprint density at radius 1 is 0.750 bits per heavy atom. The highest BCUT2D eigenvalue weighted by Crippen LogP contribution is 1.92. The molecule has 12 heavy (non-hydrogen) atoms. The molecule has 0 heteroatoms. The third kappa shape index (κ3) is 4.51. The second kappa shape index (κ2) is 6.41. The van der Waals surface area contributed by atoms with E-state index in [0.29, 0.717) is 0 Å². The molecule has 0 bridgehead atoms. The van der Waals surface area contributed by atoms with E-state index in [0.717, 1.165) is 12.8 Å². The van der Waals surface area contributed by atoms with E-state index in [1.54, 1.807) is 0 Å². The van der Waals surface area contributed by atoms with E-state index >= 15 is 0 Å². The van der Waals surface area contributed by atoms with Crippen molar-refractivity contribution in [3.8, 4) is 0 Å². The molecule has 0 atom stereocenters. The van der Waals surface area contributed by atoms with E-state index in [2.05, 4.69) is 36.5 Å². The van der Waals surface area contributed by atoms with Gasteiger partial charge in [0.2, 0.25) is 0 Å². The van der Waals surface area contributed by atoms with Crippen molar-refractivity contribution >= 4 is 0 Å². The molecule has 1 rings (SSSR count). The molecule has 1 radical (unpaired) electrons. The third-order valence-electron chi connectivity index (χ3n) is 1.47. The van der Waals surface area contributed by atoms with Crippen LogP contribution in [0.3, 0.4) is 0 Å². The minimum atomic E-state index is 0.957. The van der Waals surface area contributed by atoms with Crippen molar-refractivity contribution in [1.82, 2.24) is 0 Å². The summed E-state index contributed by atoms with van der Waals surface area (Å²) in [4.78, 5) is 0. The fourth-order valence-corrected chi connectivity index (χ4v) is 0.865. The van der Waals surface area contributed by atoms with Crippen LogP contribution in [0.25, 0.3) is 0 Å². The molecule has 0 N–H and O–H groups in total. The normalized spacial score (nSPS) is 30.7. The summed E-state index contributed by atoms with van der Waals surface area (Å²) in [6.07, 6.45) is 23.5. The predicted molar refractivity (Wildman–Crippen MR) is 53.6 cm³/mol. The van der Waals surface area contributed by atoms with Crippen molar-refractivity contribution in [3.05, 3.63) is 60.8 Å². The standard InChI is InChI=1S/C12H13/c1-2-4-6-8-10-12-11-9-7-5-3-1/h1-4,7-9,11-12H,5-6H2/b3-1+,4-2-,9-7-,10-8?,12-11-. The maximum absolute atomic E-state index is 3.07. The van der Waals surface area contributed by atoms with E-state index < -0.39 is 0 Å². The smallest absolute Gasteiger partial charge is 0.0157 e. The summed E-state index contributed by atoms with van der Waals surface area (Å²) in [5, 5.41) is 0. The molecule has 0 amide bonds. The summed E-state index contributed by atoms with van der Waals surface area (Å²) in [7, 11) is 0. The maximum atomic E-state index is 3.07. The monoisotopic (exact) mass is 157 g/mol. The Labute approximate surface area is 74.3 Å². The average Bonchev–Trinajstić information content (AvgIpc) is 2.05. The van der Waals surface area contributed by atoms with Gasteiger partial charge < -0.3 is 0 Å². The van der Waals surface area contributed by atoms with Crippen molar-refractivity contribution in [2.75, 3.05) is 0 Å². The van der Waals surface area contributed by atoms with Gasteiger partial charge in [-0.25, -0.2) is 0 Å². The van der Waals surface area contributed by atoms with Crippen LogP contribution >= 0.6 is 0 Å². The highest BCUT2D eigenvalue weighted by atomic mass is 13.8. The Morgan fingerprint density at radius 3 is 2.25 bits per heavy atom. The Morgan fingerprint density at radius 2 is 1.42 bits per heavy atom. The minimum Gasteiger partial charge on any atom is -0.0808 e. The Hall–Kier alpha value is -1.30. The van der Waals surface area contributed by atoms with Crippen LogP contribution in [0.5, 0.6) is 0 Å². The Kier molecular flexibility index (Phi) is 4.70. The molecule has 1 aliphatic carbocycles. The second-order valence-electron chi connectivity index (χ2n) is 2.49. The first kappa shape index (κ1) is 8.79. The second-order valence-corrected chi connectivity index (χ2v) is 2.49. The number of hydrogen-bond donors (Lipinski definition) is 0. The molecule has 0 nitrogen and oxygen atoms in total. The van der Waals surface area contributed by atoms with Gasteiger partial charge in [-0.1, -0.05) is 54.7 Å². The molecular weight excluding hydrogens is 144 g/mol. The molecule has 0 aromatic rings. The third-order valence-corrected chi connectivity index (χ3v) is 1.47. The van der Waals surface area contributed by atoms with Gasteiger partial charge in [-0.05, 0) is 18.9 Å². The fraction of sp³-hybridized carbons (Fsp3) is 0.167. The molecule has 0 aliphatic heterocycles. The molecule has 0 heterocycles. The molecule has 1 aliphatic rings. The van der Waals surface area contributed by atoms with Crippen LogP contribution in [0.4, 0.5) is 0 Å². The molecule has 0 saturated heterocycles. The minimum absolute atomic E-state index is 0.957. The van der Waals surface area contributed by atoms with Gasteiger partial charge in [-0.3, -0.25) is 0 Å². The van der Waals surface area contributed by atoms with Crippen LogP contribution in [-0.2, 0) is 0 Å². The molecule has 0 aromatic carbocycles. The van der Waals surface area contributed by atoms with Gasteiger partial charge in [0.05, 0.1) is 0 Å². The summed E-state index contributed by atoms with van der Waals surface area (Å²) in [5.41, 5.74) is 0. The van der Waals surface area contributed by atoms with Gasteiger partial charge in [0.1, 0.15) is 0 Å². The van der Waals surface area contributed by atoms with Crippen molar-refractivity contribution in [1.29, 1.82) is 0 Å². The van der Waals surface area contributed by atoms with Gasteiger partial charge in [0.25, 0.3) is 0 Å². The van der Waals surface area contributed by atoms with Gasteiger partial charge in [-0.15, -0.1) is 0 Å². The molecule has 0 aromatic heterocycles. The van der Waals surface area contributed by atoms with Crippen molar-refractivity contribution in [2.24, 2.45) is 0 Å². The van der Waals surface area contributed by atoms with Gasteiger partial charge in [-0.2, -0.15) is 0 Å². The van der Waals surface area contributed by atoms with Gasteiger partial charge in [0, 0.05) is 0 Å². The lowest BCUT2D eigenvalue weighted by Crippen LogP contribution is -1.62. The summed E-state index contributed by atoms with van der Waals surface area (Å²) in [6, 6.07) is 0. The number of rotatable bonds is 0. The number of hydrogen-bond acceptors (Lipinski definition) is 0. The lowest BCUT2D eigenvalue weighted by Gasteiger charge is -1.82. The molecule has 61 valence electrons. The van der Waals surface area contributed by atoms with E-state index in [1.165, 1.54) is 0 Å². The van der Waals surface area contributed by atoms with Crippen molar-refractivity contribution in [3.63, 3.8) is 0 Å². The molecule has 0 spiro atoms. The van der Waals surface area contributed by atoms with Crippen LogP contribution in [0.2, 0.25) is 0 Å². The Balaban J connectivity index is 2.55. The lowest BCUT2D eigenvalue weighted by atomic mass is 10.2. The van der Waals surface area contributed by atoms with Crippen molar-refractivity contribution < 1.29 is 0 Å². The van der Waals surface area contributed by atoms with E-state index in [-0.39, 0.29) is 0 Å². The Bertz CT molecular complexity index is 211. The maximum Gasteiger partial charge on any atom is -0.0157 e. The van der Waals surface area contributed by atoms with Crippen LogP contribution in [0.15, 0.2) is 54.7 Å². The highest BCUT2D eigenvalue weighted by Gasteiger charge is 1.72. The number of allylic oxidation sites excluding steroid dienone is 10.